The van der Waals surface area contributed by atoms with Crippen LogP contribution in [0, 0.1) is 13.8 Å². The van der Waals surface area contributed by atoms with Crippen LogP contribution >= 0.6 is 0 Å². The molecule has 0 fully saturated rings. The fourth-order valence-corrected chi connectivity index (χ4v) is 3.64. The van der Waals surface area contributed by atoms with Gasteiger partial charge < -0.3 is 4.74 Å². The van der Waals surface area contributed by atoms with Crippen LogP contribution in [-0.4, -0.2) is 20.5 Å². The molecule has 0 aliphatic carbocycles. The first-order valence-corrected chi connectivity index (χ1v) is 8.87. The zero-order valence-corrected chi connectivity index (χ0v) is 14.9. The van der Waals surface area contributed by atoms with E-state index in [4.69, 9.17) is 4.74 Å². The van der Waals surface area contributed by atoms with Crippen LogP contribution in [0.25, 0.3) is 0 Å². The normalized spacial score (nSPS) is 11.6. The largest absolute Gasteiger partial charge is 0.496 e. The highest BCUT2D eigenvalue weighted by molar-refractivity contribution is 7.92. The Kier molecular flexibility index (Phi) is 4.94. The molecule has 0 unspecified atom stereocenters. The van der Waals surface area contributed by atoms with Gasteiger partial charge in [-0.2, -0.15) is 0 Å². The second-order valence-corrected chi connectivity index (χ2v) is 7.49. The van der Waals surface area contributed by atoms with E-state index in [0.29, 0.717) is 17.1 Å². The lowest BCUT2D eigenvalue weighted by Crippen LogP contribution is -2.16. The molecule has 1 N–H and O–H groups in total. The monoisotopic (exact) mass is 334 g/mol. The van der Waals surface area contributed by atoms with Crippen LogP contribution in [0.15, 0.2) is 35.4 Å². The first-order chi connectivity index (χ1) is 10.7. The number of aromatic nitrogens is 1. The van der Waals surface area contributed by atoms with E-state index in [1.165, 1.54) is 0 Å². The quantitative estimate of drug-likeness (QED) is 0.906. The topological polar surface area (TPSA) is 68.3 Å². The molecule has 23 heavy (non-hydrogen) atoms. The summed E-state index contributed by atoms with van der Waals surface area (Å²) in [5, 5.41) is 0. The molecule has 1 heterocycles. The molecule has 0 aliphatic rings. The van der Waals surface area contributed by atoms with E-state index >= 15 is 0 Å². The van der Waals surface area contributed by atoms with Crippen molar-refractivity contribution in [3.8, 4) is 5.75 Å². The van der Waals surface area contributed by atoms with Gasteiger partial charge in [0.15, 0.2) is 0 Å². The second-order valence-electron chi connectivity index (χ2n) is 5.84. The minimum Gasteiger partial charge on any atom is -0.496 e. The number of aryl methyl sites for hydroxylation is 2. The Morgan fingerprint density at radius 3 is 2.43 bits per heavy atom. The first kappa shape index (κ1) is 17.3. The Bertz CT molecular complexity index is 815. The van der Waals surface area contributed by atoms with Gasteiger partial charge in [0.05, 0.1) is 12.0 Å². The summed E-state index contributed by atoms with van der Waals surface area (Å²) in [6, 6.07) is 6.94. The Hall–Kier alpha value is -2.08. The molecule has 5 nitrogen and oxygen atoms in total. The number of hydrogen-bond donors (Lipinski definition) is 1. The van der Waals surface area contributed by atoms with Crippen LogP contribution in [-0.2, 0) is 10.0 Å². The van der Waals surface area contributed by atoms with Crippen molar-refractivity contribution in [2.75, 3.05) is 11.8 Å². The molecule has 2 aromatic rings. The average Bonchev–Trinajstić information content (AvgIpc) is 2.45. The zero-order valence-electron chi connectivity index (χ0n) is 14.0. The predicted octanol–water partition coefficient (Wildman–Crippen LogP) is 3.63. The lowest BCUT2D eigenvalue weighted by atomic mass is 10.0. The molecular weight excluding hydrogens is 312 g/mol. The van der Waals surface area contributed by atoms with E-state index < -0.39 is 10.0 Å². The number of anilines is 1. The van der Waals surface area contributed by atoms with E-state index in [1.54, 1.807) is 38.4 Å². The van der Waals surface area contributed by atoms with E-state index in [2.05, 4.69) is 9.71 Å². The summed E-state index contributed by atoms with van der Waals surface area (Å²) in [6.07, 6.45) is 1.58. The Labute approximate surface area is 137 Å². The van der Waals surface area contributed by atoms with Gasteiger partial charge in [0.1, 0.15) is 11.6 Å². The smallest absolute Gasteiger partial charge is 0.263 e. The molecule has 1 aromatic carbocycles. The summed E-state index contributed by atoms with van der Waals surface area (Å²) in [5.74, 6) is 1.16. The van der Waals surface area contributed by atoms with E-state index in [9.17, 15) is 8.42 Å². The van der Waals surface area contributed by atoms with Gasteiger partial charge >= 0.3 is 0 Å². The molecule has 1 aromatic heterocycles. The van der Waals surface area contributed by atoms with Crippen molar-refractivity contribution in [1.29, 1.82) is 0 Å². The fourth-order valence-electron chi connectivity index (χ4n) is 2.38. The van der Waals surface area contributed by atoms with Crippen LogP contribution in [0.2, 0.25) is 0 Å². The number of pyridine rings is 1. The van der Waals surface area contributed by atoms with Gasteiger partial charge in [-0.3, -0.25) is 4.72 Å². The summed E-state index contributed by atoms with van der Waals surface area (Å²) < 4.78 is 33.3. The molecule has 2 rings (SSSR count). The van der Waals surface area contributed by atoms with Crippen molar-refractivity contribution < 1.29 is 13.2 Å². The third-order valence-corrected chi connectivity index (χ3v) is 5.09. The van der Waals surface area contributed by atoms with Crippen molar-refractivity contribution in [3.05, 3.63) is 47.2 Å². The Morgan fingerprint density at radius 2 is 1.87 bits per heavy atom. The lowest BCUT2D eigenvalue weighted by Gasteiger charge is -2.16. The van der Waals surface area contributed by atoms with Gasteiger partial charge in [0.25, 0.3) is 10.0 Å². The average molecular weight is 334 g/mol. The maximum absolute atomic E-state index is 12.7. The molecule has 0 bridgehead atoms. The molecule has 0 saturated carbocycles. The standard InChI is InChI=1S/C17H22N2O3S/c1-11(2)14-10-16(13(4)9-15(14)22-5)23(20,21)19-17-8-12(3)6-7-18-17/h6-11H,1-5H3,(H,18,19). The van der Waals surface area contributed by atoms with Crippen molar-refractivity contribution >= 4 is 15.8 Å². The van der Waals surface area contributed by atoms with Crippen LogP contribution in [0.1, 0.15) is 36.5 Å². The number of sulfonamides is 1. The first-order valence-electron chi connectivity index (χ1n) is 7.38. The Balaban J connectivity index is 2.49. The van der Waals surface area contributed by atoms with Gasteiger partial charge in [-0.05, 0) is 60.7 Å². The molecule has 0 atom stereocenters. The summed E-state index contributed by atoms with van der Waals surface area (Å²) in [5.41, 5.74) is 2.43. The van der Waals surface area contributed by atoms with Crippen molar-refractivity contribution in [2.45, 2.75) is 38.5 Å². The van der Waals surface area contributed by atoms with Crippen LogP contribution < -0.4 is 9.46 Å². The SMILES string of the molecule is COc1cc(C)c(S(=O)(=O)Nc2cc(C)ccn2)cc1C(C)C. The van der Waals surface area contributed by atoms with Gasteiger partial charge in [-0.15, -0.1) is 0 Å². The number of methoxy groups -OCH3 is 1. The summed E-state index contributed by atoms with van der Waals surface area (Å²) in [6.45, 7) is 7.64. The molecule has 0 amide bonds. The molecule has 0 radical (unpaired) electrons. The molecule has 0 spiro atoms. The van der Waals surface area contributed by atoms with E-state index in [1.807, 2.05) is 26.8 Å². The number of ether oxygens (including phenoxy) is 1. The van der Waals surface area contributed by atoms with Gasteiger partial charge in [-0.1, -0.05) is 13.8 Å². The van der Waals surface area contributed by atoms with Crippen LogP contribution in [0.5, 0.6) is 5.75 Å². The molecule has 124 valence electrons. The number of rotatable bonds is 5. The predicted molar refractivity (Wildman–Crippen MR) is 91.6 cm³/mol. The van der Waals surface area contributed by atoms with Gasteiger partial charge in [-0.25, -0.2) is 13.4 Å². The maximum Gasteiger partial charge on any atom is 0.263 e. The van der Waals surface area contributed by atoms with Crippen molar-refractivity contribution in [2.24, 2.45) is 0 Å². The fraction of sp³-hybridized carbons (Fsp3) is 0.353. The molecule has 0 aliphatic heterocycles. The number of hydrogen-bond acceptors (Lipinski definition) is 4. The minimum atomic E-state index is -3.71. The summed E-state index contributed by atoms with van der Waals surface area (Å²) in [7, 11) is -2.12. The zero-order chi connectivity index (χ0) is 17.2. The highest BCUT2D eigenvalue weighted by atomic mass is 32.2. The lowest BCUT2D eigenvalue weighted by molar-refractivity contribution is 0.406. The third kappa shape index (κ3) is 3.82. The van der Waals surface area contributed by atoms with Crippen molar-refractivity contribution in [1.82, 2.24) is 4.98 Å². The van der Waals surface area contributed by atoms with Gasteiger partial charge in [0.2, 0.25) is 0 Å². The van der Waals surface area contributed by atoms with Crippen molar-refractivity contribution in [3.63, 3.8) is 0 Å². The highest BCUT2D eigenvalue weighted by Gasteiger charge is 2.21. The summed E-state index contributed by atoms with van der Waals surface area (Å²) in [4.78, 5) is 4.30. The molecule has 6 heteroatoms. The van der Waals surface area contributed by atoms with Crippen LogP contribution in [0.3, 0.4) is 0 Å². The summed E-state index contributed by atoms with van der Waals surface area (Å²) >= 11 is 0. The van der Waals surface area contributed by atoms with E-state index in [-0.39, 0.29) is 10.8 Å². The minimum absolute atomic E-state index is 0.150. The number of nitrogens with zero attached hydrogens (tertiary/aromatic N) is 1. The Morgan fingerprint density at radius 1 is 1.17 bits per heavy atom. The number of nitrogens with one attached hydrogen (secondary N) is 1. The molecular formula is C17H22N2O3S. The van der Waals surface area contributed by atoms with E-state index in [0.717, 1.165) is 11.1 Å². The highest BCUT2D eigenvalue weighted by Crippen LogP contribution is 2.32. The third-order valence-electron chi connectivity index (χ3n) is 3.59. The van der Waals surface area contributed by atoms with Gasteiger partial charge in [0, 0.05) is 6.20 Å². The van der Waals surface area contributed by atoms with Crippen LogP contribution in [0.4, 0.5) is 5.82 Å². The molecule has 0 saturated heterocycles. The number of benzene rings is 1. The second kappa shape index (κ2) is 6.58. The maximum atomic E-state index is 12.7.